The highest BCUT2D eigenvalue weighted by atomic mass is 16.2. The van der Waals surface area contributed by atoms with Crippen LogP contribution >= 0.6 is 0 Å². The van der Waals surface area contributed by atoms with Gasteiger partial charge in [-0.1, -0.05) is 13.8 Å². The Morgan fingerprint density at radius 3 is 2.68 bits per heavy atom. The first-order valence-electron chi connectivity index (χ1n) is 7.11. The summed E-state index contributed by atoms with van der Waals surface area (Å²) in [5, 5.41) is 0. The van der Waals surface area contributed by atoms with Crippen LogP contribution in [0.4, 0.5) is 0 Å². The molecule has 0 spiro atoms. The summed E-state index contributed by atoms with van der Waals surface area (Å²) in [6, 6.07) is 0. The average molecular weight is 264 g/mol. The fourth-order valence-electron chi connectivity index (χ4n) is 2.72. The molecule has 1 aliphatic rings. The van der Waals surface area contributed by atoms with E-state index in [1.165, 1.54) is 0 Å². The minimum absolute atomic E-state index is 0.191. The van der Waals surface area contributed by atoms with Crippen LogP contribution in [0.2, 0.25) is 0 Å². The molecule has 5 heteroatoms. The van der Waals surface area contributed by atoms with Gasteiger partial charge in [0.15, 0.2) is 0 Å². The third-order valence-corrected chi connectivity index (χ3v) is 3.95. The number of amides is 1. The molecule has 1 unspecified atom stereocenters. The third-order valence-electron chi connectivity index (χ3n) is 3.95. The Bertz CT molecular complexity index is 421. The monoisotopic (exact) mass is 264 g/mol. The Morgan fingerprint density at radius 1 is 1.42 bits per heavy atom. The highest BCUT2D eigenvalue weighted by molar-refractivity contribution is 5.76. The summed E-state index contributed by atoms with van der Waals surface area (Å²) in [7, 11) is 0. The molecule has 0 bridgehead atoms. The van der Waals surface area contributed by atoms with Crippen LogP contribution in [0.1, 0.15) is 38.3 Å². The van der Waals surface area contributed by atoms with Gasteiger partial charge in [0.05, 0.1) is 6.33 Å². The van der Waals surface area contributed by atoms with Gasteiger partial charge in [0.2, 0.25) is 5.91 Å². The quantitative estimate of drug-likeness (QED) is 0.869. The van der Waals surface area contributed by atoms with Gasteiger partial charge in [0.1, 0.15) is 6.54 Å². The summed E-state index contributed by atoms with van der Waals surface area (Å²) in [5.41, 5.74) is 6.92. The minimum atomic E-state index is 0.191. The molecule has 1 amide bonds. The van der Waals surface area contributed by atoms with Crippen LogP contribution in [0.25, 0.3) is 0 Å². The van der Waals surface area contributed by atoms with Crippen molar-refractivity contribution in [2.24, 2.45) is 11.7 Å². The minimum Gasteiger partial charge on any atom is -0.341 e. The number of nitrogens with zero attached hydrogens (tertiary/aromatic N) is 3. The van der Waals surface area contributed by atoms with Gasteiger partial charge in [-0.25, -0.2) is 4.98 Å². The van der Waals surface area contributed by atoms with Gasteiger partial charge >= 0.3 is 0 Å². The maximum atomic E-state index is 12.2. The van der Waals surface area contributed by atoms with Crippen molar-refractivity contribution in [1.82, 2.24) is 14.5 Å². The molecule has 2 heterocycles. The predicted octanol–water partition coefficient (Wildman–Crippen LogP) is 1.20. The Kier molecular flexibility index (Phi) is 4.58. The van der Waals surface area contributed by atoms with E-state index in [1.54, 1.807) is 6.33 Å². The number of likely N-dealkylation sites (tertiary alicyclic amines) is 1. The summed E-state index contributed by atoms with van der Waals surface area (Å²) >= 11 is 0. The van der Waals surface area contributed by atoms with Crippen molar-refractivity contribution >= 4 is 5.91 Å². The first-order chi connectivity index (χ1) is 9.13. The van der Waals surface area contributed by atoms with Crippen molar-refractivity contribution in [1.29, 1.82) is 0 Å². The van der Waals surface area contributed by atoms with E-state index in [0.29, 0.717) is 19.0 Å². The Morgan fingerprint density at radius 2 is 2.11 bits per heavy atom. The Balaban J connectivity index is 2.08. The number of nitrogens with two attached hydrogens (primary N) is 1. The smallest absolute Gasteiger partial charge is 0.242 e. The molecule has 1 saturated heterocycles. The van der Waals surface area contributed by atoms with Crippen LogP contribution in [0.15, 0.2) is 12.5 Å². The van der Waals surface area contributed by atoms with Gasteiger partial charge in [-0.2, -0.15) is 0 Å². The third kappa shape index (κ3) is 3.15. The van der Waals surface area contributed by atoms with Crippen LogP contribution in [0.3, 0.4) is 0 Å². The van der Waals surface area contributed by atoms with E-state index in [4.69, 9.17) is 5.73 Å². The molecule has 0 saturated carbocycles. The lowest BCUT2D eigenvalue weighted by Crippen LogP contribution is -2.32. The predicted molar refractivity (Wildman–Crippen MR) is 74.7 cm³/mol. The van der Waals surface area contributed by atoms with Crippen LogP contribution in [0, 0.1) is 5.92 Å². The van der Waals surface area contributed by atoms with E-state index in [-0.39, 0.29) is 11.8 Å². The van der Waals surface area contributed by atoms with Crippen LogP contribution in [-0.4, -0.2) is 40.0 Å². The average Bonchev–Trinajstić information content (AvgIpc) is 3.01. The number of carbonyl (C=O) groups is 1. The van der Waals surface area contributed by atoms with Gasteiger partial charge in [0, 0.05) is 37.4 Å². The van der Waals surface area contributed by atoms with Crippen molar-refractivity contribution < 1.29 is 4.79 Å². The molecule has 0 aliphatic carbocycles. The molecule has 0 radical (unpaired) electrons. The number of hydrogen-bond acceptors (Lipinski definition) is 3. The van der Waals surface area contributed by atoms with E-state index in [2.05, 4.69) is 18.8 Å². The molecule has 19 heavy (non-hydrogen) atoms. The van der Waals surface area contributed by atoms with Gasteiger partial charge in [-0.05, 0) is 18.8 Å². The van der Waals surface area contributed by atoms with Crippen molar-refractivity contribution in [3.63, 3.8) is 0 Å². The topological polar surface area (TPSA) is 64.1 Å². The first-order valence-corrected chi connectivity index (χ1v) is 7.11. The van der Waals surface area contributed by atoms with E-state index in [1.807, 2.05) is 15.7 Å². The highest BCUT2D eigenvalue weighted by Crippen LogP contribution is 2.23. The van der Waals surface area contributed by atoms with Crippen LogP contribution in [0.5, 0.6) is 0 Å². The zero-order valence-corrected chi connectivity index (χ0v) is 11.9. The standard InChI is InChI=1S/C14H24N4O/c1-11(2)12(7-15)13-8-16-10-18(13)9-14(19)17-5-3-4-6-17/h8,10-12H,3-7,9,15H2,1-2H3. The zero-order valence-electron chi connectivity index (χ0n) is 11.9. The summed E-state index contributed by atoms with van der Waals surface area (Å²) in [6.07, 6.45) is 5.84. The molecule has 1 atom stereocenters. The Labute approximate surface area is 114 Å². The summed E-state index contributed by atoms with van der Waals surface area (Å²) in [5.74, 6) is 0.896. The summed E-state index contributed by atoms with van der Waals surface area (Å²) in [6.45, 7) is 7.06. The van der Waals surface area contributed by atoms with Gasteiger partial charge < -0.3 is 15.2 Å². The first kappa shape index (κ1) is 14.1. The fourth-order valence-corrected chi connectivity index (χ4v) is 2.72. The normalized spacial score (nSPS) is 17.2. The maximum absolute atomic E-state index is 12.2. The second kappa shape index (κ2) is 6.19. The second-order valence-electron chi connectivity index (χ2n) is 5.62. The van der Waals surface area contributed by atoms with E-state index < -0.39 is 0 Å². The van der Waals surface area contributed by atoms with Gasteiger partial charge in [-0.15, -0.1) is 0 Å². The summed E-state index contributed by atoms with van der Waals surface area (Å²) < 4.78 is 1.96. The molecule has 2 N–H and O–H groups in total. The van der Waals surface area contributed by atoms with Crippen LogP contribution < -0.4 is 5.73 Å². The van der Waals surface area contributed by atoms with Crippen molar-refractivity contribution in [3.8, 4) is 0 Å². The molecule has 106 valence electrons. The van der Waals surface area contributed by atoms with E-state index in [9.17, 15) is 4.79 Å². The zero-order chi connectivity index (χ0) is 13.8. The molecular weight excluding hydrogens is 240 g/mol. The lowest BCUT2D eigenvalue weighted by Gasteiger charge is -2.22. The molecule has 1 fully saturated rings. The van der Waals surface area contributed by atoms with Crippen LogP contribution in [-0.2, 0) is 11.3 Å². The van der Waals surface area contributed by atoms with Crippen molar-refractivity contribution in [2.75, 3.05) is 19.6 Å². The van der Waals surface area contributed by atoms with Gasteiger partial charge in [-0.3, -0.25) is 4.79 Å². The molecule has 0 aromatic carbocycles. The molecule has 5 nitrogen and oxygen atoms in total. The number of rotatable bonds is 5. The molecule has 2 rings (SSSR count). The number of hydrogen-bond donors (Lipinski definition) is 1. The molecule has 1 aromatic heterocycles. The molecule has 1 aliphatic heterocycles. The van der Waals surface area contributed by atoms with Crippen molar-refractivity contribution in [2.45, 2.75) is 39.2 Å². The number of carbonyl (C=O) groups excluding carboxylic acids is 1. The molecular formula is C14H24N4O. The Hall–Kier alpha value is -1.36. The largest absolute Gasteiger partial charge is 0.341 e. The lowest BCUT2D eigenvalue weighted by atomic mass is 9.93. The lowest BCUT2D eigenvalue weighted by molar-refractivity contribution is -0.130. The fraction of sp³-hybridized carbons (Fsp3) is 0.714. The van der Waals surface area contributed by atoms with E-state index >= 15 is 0 Å². The maximum Gasteiger partial charge on any atom is 0.242 e. The SMILES string of the molecule is CC(C)C(CN)c1cncn1CC(=O)N1CCCC1. The van der Waals surface area contributed by atoms with Gasteiger partial charge in [0.25, 0.3) is 0 Å². The molecule has 1 aromatic rings. The number of imidazole rings is 1. The van der Waals surface area contributed by atoms with E-state index in [0.717, 1.165) is 31.6 Å². The summed E-state index contributed by atoms with van der Waals surface area (Å²) in [4.78, 5) is 18.3. The highest BCUT2D eigenvalue weighted by Gasteiger charge is 2.22. The number of aromatic nitrogens is 2. The second-order valence-corrected chi connectivity index (χ2v) is 5.62. The van der Waals surface area contributed by atoms with Crippen molar-refractivity contribution in [3.05, 3.63) is 18.2 Å².